The minimum atomic E-state index is 0.181. The summed E-state index contributed by atoms with van der Waals surface area (Å²) >= 11 is 1.98. The largest absolute Gasteiger partial charge is 0.489 e. The molecular formula is C18H21NOS. The highest BCUT2D eigenvalue weighted by Gasteiger charge is 2.21. The van der Waals surface area contributed by atoms with Gasteiger partial charge in [-0.05, 0) is 37.1 Å². The Hall–Kier alpha value is -1.61. The Morgan fingerprint density at radius 1 is 1.10 bits per heavy atom. The molecule has 0 aliphatic carbocycles. The lowest BCUT2D eigenvalue weighted by molar-refractivity contribution is 0.243. The highest BCUT2D eigenvalue weighted by molar-refractivity contribution is 7.98. The first-order chi connectivity index (χ1) is 10.2. The van der Waals surface area contributed by atoms with E-state index in [4.69, 9.17) is 4.74 Å². The SMILES string of the molecule is CC(C)Oc1ccccc1NC1CSCc2ccccc21. The van der Waals surface area contributed by atoms with Gasteiger partial charge in [0, 0.05) is 11.5 Å². The quantitative estimate of drug-likeness (QED) is 0.870. The van der Waals surface area contributed by atoms with Gasteiger partial charge in [0.2, 0.25) is 0 Å². The maximum atomic E-state index is 5.91. The normalized spacial score (nSPS) is 17.4. The third-order valence-corrected chi connectivity index (χ3v) is 4.64. The molecule has 2 aromatic rings. The summed E-state index contributed by atoms with van der Waals surface area (Å²) in [5.41, 5.74) is 3.93. The van der Waals surface area contributed by atoms with Crippen LogP contribution in [0.15, 0.2) is 48.5 Å². The highest BCUT2D eigenvalue weighted by atomic mass is 32.2. The smallest absolute Gasteiger partial charge is 0.142 e. The standard InChI is InChI=1S/C18H21NOS/c1-13(2)20-18-10-6-5-9-16(18)19-17-12-21-11-14-7-3-4-8-15(14)17/h3-10,13,17,19H,11-12H2,1-2H3. The van der Waals surface area contributed by atoms with Gasteiger partial charge in [-0.2, -0.15) is 11.8 Å². The lowest BCUT2D eigenvalue weighted by atomic mass is 10.0. The predicted octanol–water partition coefficient (Wildman–Crippen LogP) is 4.87. The van der Waals surface area contributed by atoms with Gasteiger partial charge >= 0.3 is 0 Å². The lowest BCUT2D eigenvalue weighted by Gasteiger charge is -2.28. The maximum Gasteiger partial charge on any atom is 0.142 e. The van der Waals surface area contributed by atoms with Gasteiger partial charge in [0.1, 0.15) is 5.75 Å². The summed E-state index contributed by atoms with van der Waals surface area (Å²) in [5.74, 6) is 3.13. The minimum Gasteiger partial charge on any atom is -0.489 e. The third-order valence-electron chi connectivity index (χ3n) is 3.55. The van der Waals surface area contributed by atoms with Crippen LogP contribution in [-0.2, 0) is 5.75 Å². The second-order valence-electron chi connectivity index (χ2n) is 5.57. The molecule has 0 fully saturated rings. The zero-order valence-electron chi connectivity index (χ0n) is 12.5. The van der Waals surface area contributed by atoms with Gasteiger partial charge in [-0.15, -0.1) is 0 Å². The Morgan fingerprint density at radius 3 is 2.71 bits per heavy atom. The molecule has 1 aliphatic heterocycles. The molecule has 1 N–H and O–H groups in total. The van der Waals surface area contributed by atoms with Gasteiger partial charge in [-0.3, -0.25) is 0 Å². The molecule has 0 radical (unpaired) electrons. The fourth-order valence-electron chi connectivity index (χ4n) is 2.63. The summed E-state index contributed by atoms with van der Waals surface area (Å²) in [4.78, 5) is 0. The van der Waals surface area contributed by atoms with Crippen LogP contribution in [0.3, 0.4) is 0 Å². The van der Waals surface area contributed by atoms with Crippen LogP contribution in [0.4, 0.5) is 5.69 Å². The van der Waals surface area contributed by atoms with E-state index in [1.54, 1.807) is 0 Å². The Labute approximate surface area is 130 Å². The fraction of sp³-hybridized carbons (Fsp3) is 0.333. The van der Waals surface area contributed by atoms with E-state index in [-0.39, 0.29) is 6.10 Å². The molecule has 110 valence electrons. The number of hydrogen-bond donors (Lipinski definition) is 1. The molecule has 21 heavy (non-hydrogen) atoms. The van der Waals surface area contributed by atoms with E-state index in [0.29, 0.717) is 6.04 Å². The Balaban J connectivity index is 1.85. The van der Waals surface area contributed by atoms with E-state index in [1.165, 1.54) is 11.1 Å². The molecule has 0 saturated carbocycles. The molecule has 3 rings (SSSR count). The van der Waals surface area contributed by atoms with E-state index in [0.717, 1.165) is 22.9 Å². The molecule has 0 amide bonds. The van der Waals surface area contributed by atoms with Gasteiger partial charge in [0.15, 0.2) is 0 Å². The van der Waals surface area contributed by atoms with E-state index < -0.39 is 0 Å². The lowest BCUT2D eigenvalue weighted by Crippen LogP contribution is -2.19. The second-order valence-corrected chi connectivity index (χ2v) is 6.60. The molecule has 2 aromatic carbocycles. The van der Waals surface area contributed by atoms with Gasteiger partial charge in [-0.1, -0.05) is 36.4 Å². The summed E-state index contributed by atoms with van der Waals surface area (Å²) < 4.78 is 5.91. The fourth-order valence-corrected chi connectivity index (χ4v) is 3.73. The Bertz CT molecular complexity index is 612. The van der Waals surface area contributed by atoms with Gasteiger partial charge in [0.05, 0.1) is 17.8 Å². The molecule has 0 bridgehead atoms. The summed E-state index contributed by atoms with van der Waals surface area (Å²) in [5, 5.41) is 3.67. The summed E-state index contributed by atoms with van der Waals surface area (Å²) in [6.07, 6.45) is 0.181. The number of para-hydroxylation sites is 2. The van der Waals surface area contributed by atoms with Crippen LogP contribution < -0.4 is 10.1 Å². The molecule has 1 atom stereocenters. The molecule has 1 aliphatic rings. The molecule has 0 saturated heterocycles. The number of benzene rings is 2. The van der Waals surface area contributed by atoms with Crippen molar-refractivity contribution in [3.8, 4) is 5.75 Å². The molecule has 1 heterocycles. The van der Waals surface area contributed by atoms with E-state index >= 15 is 0 Å². The van der Waals surface area contributed by atoms with Crippen LogP contribution in [-0.4, -0.2) is 11.9 Å². The van der Waals surface area contributed by atoms with E-state index in [1.807, 2.05) is 23.9 Å². The minimum absolute atomic E-state index is 0.181. The number of anilines is 1. The molecule has 0 aromatic heterocycles. The van der Waals surface area contributed by atoms with Crippen LogP contribution in [0.5, 0.6) is 5.75 Å². The number of ether oxygens (including phenoxy) is 1. The zero-order valence-corrected chi connectivity index (χ0v) is 13.3. The molecule has 2 nitrogen and oxygen atoms in total. The molecule has 3 heteroatoms. The highest BCUT2D eigenvalue weighted by Crippen LogP contribution is 2.36. The van der Waals surface area contributed by atoms with Crippen LogP contribution in [0.25, 0.3) is 0 Å². The van der Waals surface area contributed by atoms with Crippen LogP contribution in [0, 0.1) is 0 Å². The third kappa shape index (κ3) is 3.35. The monoisotopic (exact) mass is 299 g/mol. The van der Waals surface area contributed by atoms with E-state index in [9.17, 15) is 0 Å². The first-order valence-electron chi connectivity index (χ1n) is 7.42. The van der Waals surface area contributed by atoms with Crippen molar-refractivity contribution in [3.05, 3.63) is 59.7 Å². The van der Waals surface area contributed by atoms with Crippen LogP contribution >= 0.6 is 11.8 Å². The number of thioether (sulfide) groups is 1. The van der Waals surface area contributed by atoms with Crippen molar-refractivity contribution in [2.24, 2.45) is 0 Å². The molecule has 1 unspecified atom stereocenters. The number of hydrogen-bond acceptors (Lipinski definition) is 3. The first kappa shape index (κ1) is 14.3. The van der Waals surface area contributed by atoms with Crippen molar-refractivity contribution in [2.45, 2.75) is 31.7 Å². The van der Waals surface area contributed by atoms with Gasteiger partial charge in [0.25, 0.3) is 0 Å². The molecular weight excluding hydrogens is 278 g/mol. The van der Waals surface area contributed by atoms with Gasteiger partial charge in [-0.25, -0.2) is 0 Å². The van der Waals surface area contributed by atoms with Crippen molar-refractivity contribution < 1.29 is 4.74 Å². The van der Waals surface area contributed by atoms with Crippen molar-refractivity contribution in [3.63, 3.8) is 0 Å². The van der Waals surface area contributed by atoms with Crippen LogP contribution in [0.1, 0.15) is 31.0 Å². The van der Waals surface area contributed by atoms with E-state index in [2.05, 4.69) is 55.6 Å². The van der Waals surface area contributed by atoms with Crippen molar-refractivity contribution in [1.29, 1.82) is 0 Å². The van der Waals surface area contributed by atoms with Gasteiger partial charge < -0.3 is 10.1 Å². The topological polar surface area (TPSA) is 21.3 Å². The van der Waals surface area contributed by atoms with Crippen molar-refractivity contribution in [1.82, 2.24) is 0 Å². The molecule has 0 spiro atoms. The number of nitrogens with one attached hydrogen (secondary N) is 1. The van der Waals surface area contributed by atoms with Crippen molar-refractivity contribution >= 4 is 17.4 Å². The van der Waals surface area contributed by atoms with Crippen LogP contribution in [0.2, 0.25) is 0 Å². The number of rotatable bonds is 4. The maximum absolute atomic E-state index is 5.91. The Kier molecular flexibility index (Phi) is 4.39. The summed E-state index contributed by atoms with van der Waals surface area (Å²) in [6, 6.07) is 17.3. The average Bonchev–Trinajstić information content (AvgIpc) is 2.49. The number of fused-ring (bicyclic) bond motifs is 1. The Morgan fingerprint density at radius 2 is 1.86 bits per heavy atom. The average molecular weight is 299 g/mol. The summed E-state index contributed by atoms with van der Waals surface area (Å²) in [6.45, 7) is 4.12. The first-order valence-corrected chi connectivity index (χ1v) is 8.57. The summed E-state index contributed by atoms with van der Waals surface area (Å²) in [7, 11) is 0. The second kappa shape index (κ2) is 6.44. The predicted molar refractivity (Wildman–Crippen MR) is 91.2 cm³/mol. The van der Waals surface area contributed by atoms with Crippen molar-refractivity contribution in [2.75, 3.05) is 11.1 Å². The zero-order chi connectivity index (χ0) is 14.7.